The topological polar surface area (TPSA) is 229 Å². The number of benzene rings is 2. The summed E-state index contributed by atoms with van der Waals surface area (Å²) in [5, 5.41) is 17.2. The number of carbonyl (C=O) groups excluding carboxylic acids is 3. The molecule has 4 N–H and O–H groups in total. The van der Waals surface area contributed by atoms with E-state index in [0.29, 0.717) is 43.8 Å². The fourth-order valence-electron chi connectivity index (χ4n) is 10.5. The Morgan fingerprint density at radius 3 is 2.11 bits per heavy atom. The summed E-state index contributed by atoms with van der Waals surface area (Å²) in [6.07, 6.45) is 21.1. The van der Waals surface area contributed by atoms with E-state index in [1.54, 1.807) is 0 Å². The monoisotopic (exact) mass is 1080 g/mol. The minimum atomic E-state index is -4.11. The number of nitrogens with zero attached hydrogens (tertiary/aromatic N) is 3. The fourth-order valence-corrected chi connectivity index (χ4v) is 12.0. The largest absolute Gasteiger partial charge is 0.385 e. The number of hydroxylamine groups is 2. The molecule has 3 aliphatic heterocycles. The molecule has 2 aromatic rings. The van der Waals surface area contributed by atoms with Crippen LogP contribution in [0.2, 0.25) is 0 Å². The van der Waals surface area contributed by atoms with Gasteiger partial charge in [0.25, 0.3) is 32.1 Å². The molecule has 406 valence electrons. The molecule has 4 aliphatic rings. The van der Waals surface area contributed by atoms with Gasteiger partial charge in [-0.1, -0.05) is 87.3 Å². The zero-order valence-electron chi connectivity index (χ0n) is 43.5. The van der Waals surface area contributed by atoms with Crippen LogP contribution in [0.3, 0.4) is 0 Å². The number of hydrogen-bond acceptors (Lipinski definition) is 14. The lowest BCUT2D eigenvalue weighted by atomic mass is 9.81. The first-order chi connectivity index (χ1) is 35.1. The lowest BCUT2D eigenvalue weighted by Crippen LogP contribution is -2.31. The number of unbranched alkanes of at least 4 members (excludes halogenated alkanes) is 9. The van der Waals surface area contributed by atoms with Crippen molar-refractivity contribution in [2.24, 2.45) is 0 Å². The Bertz CT molecular complexity index is 2750. The van der Waals surface area contributed by atoms with Crippen LogP contribution in [0.25, 0.3) is 0 Å². The third kappa shape index (κ3) is 15.9. The number of amides is 2. The highest BCUT2D eigenvalue weighted by Gasteiger charge is 2.45. The Balaban J connectivity index is 1.22. The Morgan fingerprint density at radius 2 is 1.43 bits per heavy atom. The second-order valence-electron chi connectivity index (χ2n) is 20.7. The summed E-state index contributed by atoms with van der Waals surface area (Å²) in [5.41, 5.74) is 10.1. The molecule has 6 rings (SSSR count). The van der Waals surface area contributed by atoms with Crippen molar-refractivity contribution in [3.05, 3.63) is 99.9 Å². The predicted octanol–water partition coefficient (Wildman–Crippen LogP) is 10.4. The van der Waals surface area contributed by atoms with Gasteiger partial charge in [0.2, 0.25) is 5.69 Å². The van der Waals surface area contributed by atoms with Gasteiger partial charge in [-0.15, -0.1) is 9.40 Å². The molecule has 0 bridgehead atoms. The molecule has 20 heteroatoms. The lowest BCUT2D eigenvalue weighted by molar-refractivity contribution is -0.438. The summed E-state index contributed by atoms with van der Waals surface area (Å²) < 4.78 is 72.4. The molecule has 1 saturated heterocycles. The molecule has 0 radical (unpaired) electrons. The van der Waals surface area contributed by atoms with E-state index in [2.05, 4.69) is 97.0 Å². The lowest BCUT2D eigenvalue weighted by Gasteiger charge is -2.28. The second-order valence-corrected chi connectivity index (χ2v) is 24.6. The molecule has 0 saturated carbocycles. The molecule has 0 atom stereocenters. The summed E-state index contributed by atoms with van der Waals surface area (Å²) in [5.74, 6) is -2.12. The minimum absolute atomic E-state index is 0.0719. The standard InChI is InChI=1S/C54H74N4O13S3/c1-39-22-26-45-43(37-39)53(2,3)47(56(45)33-14-16-35-73(63,64)65)28-23-40-19-18-20-41(52(40)55-32-13-11-9-7-6-8-10-12-21-51(61)69-58-49(59)30-31-50(58)60)24-29-48-54(4,5)44-38-42(72-71-70-62)25-27-46(44)57(48)34-15-17-36-74(66,67)68/h22-29,37-38H,6-21,30-36H2,1-5H3,(H3,62,63,64,65,66,67,68)/p+1/b40-23?,47-28+. The summed E-state index contributed by atoms with van der Waals surface area (Å²) >= 11 is 0.884. The van der Waals surface area contributed by atoms with E-state index in [1.165, 1.54) is 11.1 Å². The normalized spacial score (nSPS) is 18.7. The third-order valence-electron chi connectivity index (χ3n) is 14.4. The van der Waals surface area contributed by atoms with Gasteiger partial charge in [0.15, 0.2) is 5.71 Å². The number of carbonyl (C=O) groups is 3. The Morgan fingerprint density at radius 1 is 0.770 bits per heavy atom. The van der Waals surface area contributed by atoms with Gasteiger partial charge in [-0.2, -0.15) is 21.4 Å². The maximum atomic E-state index is 12.2. The molecule has 0 unspecified atom stereocenters. The number of rotatable bonds is 29. The number of fused-ring (bicyclic) bond motifs is 2. The Hall–Kier alpha value is -4.67. The van der Waals surface area contributed by atoms with Crippen LogP contribution in [0.5, 0.6) is 0 Å². The highest BCUT2D eigenvalue weighted by molar-refractivity contribution is 7.94. The van der Waals surface area contributed by atoms with E-state index in [9.17, 15) is 40.3 Å². The number of anilines is 1. The van der Waals surface area contributed by atoms with Crippen molar-refractivity contribution in [1.82, 2.24) is 10.4 Å². The predicted molar refractivity (Wildman–Crippen MR) is 286 cm³/mol. The maximum absolute atomic E-state index is 12.2. The highest BCUT2D eigenvalue weighted by atomic mass is 32.2. The maximum Gasteiger partial charge on any atom is 0.333 e. The van der Waals surface area contributed by atoms with Gasteiger partial charge in [0.1, 0.15) is 6.54 Å². The third-order valence-corrected chi connectivity index (χ3v) is 16.6. The zero-order valence-corrected chi connectivity index (χ0v) is 46.0. The Kier molecular flexibility index (Phi) is 20.9. The molecule has 17 nitrogen and oxygen atoms in total. The van der Waals surface area contributed by atoms with Gasteiger partial charge >= 0.3 is 5.97 Å². The van der Waals surface area contributed by atoms with Crippen molar-refractivity contribution in [2.45, 2.75) is 166 Å². The average Bonchev–Trinajstić information content (AvgIpc) is 3.84. The van der Waals surface area contributed by atoms with Crippen molar-refractivity contribution in [1.29, 1.82) is 0 Å². The van der Waals surface area contributed by atoms with Gasteiger partial charge < -0.3 is 15.1 Å². The van der Waals surface area contributed by atoms with E-state index in [0.717, 1.165) is 133 Å². The van der Waals surface area contributed by atoms with Crippen LogP contribution in [-0.4, -0.2) is 95.5 Å². The van der Waals surface area contributed by atoms with Crippen molar-refractivity contribution >= 4 is 67.1 Å². The minimum Gasteiger partial charge on any atom is -0.385 e. The molecule has 1 aliphatic carbocycles. The van der Waals surface area contributed by atoms with E-state index >= 15 is 0 Å². The number of hydrogen-bond donors (Lipinski definition) is 4. The van der Waals surface area contributed by atoms with Gasteiger partial charge in [0.05, 0.1) is 29.0 Å². The molecular weight excluding hydrogens is 1010 g/mol. The first-order valence-corrected chi connectivity index (χ1v) is 29.9. The first-order valence-electron chi connectivity index (χ1n) is 26.0. The molecule has 2 aromatic carbocycles. The molecule has 74 heavy (non-hydrogen) atoms. The van der Waals surface area contributed by atoms with Crippen LogP contribution in [0.4, 0.5) is 11.4 Å². The van der Waals surface area contributed by atoms with Crippen LogP contribution in [-0.2, 0) is 59.7 Å². The van der Waals surface area contributed by atoms with E-state index in [1.807, 2.05) is 18.2 Å². The number of nitrogens with one attached hydrogen (secondary N) is 1. The summed E-state index contributed by atoms with van der Waals surface area (Å²) in [6.45, 7) is 12.7. The van der Waals surface area contributed by atoms with Crippen molar-refractivity contribution in [3.8, 4) is 0 Å². The number of aryl methyl sites for hydroxylation is 1. The van der Waals surface area contributed by atoms with E-state index in [-0.39, 0.29) is 42.6 Å². The van der Waals surface area contributed by atoms with Crippen molar-refractivity contribution in [2.75, 3.05) is 36.0 Å². The molecule has 0 spiro atoms. The molecule has 2 amide bonds. The van der Waals surface area contributed by atoms with Crippen LogP contribution >= 0.6 is 12.0 Å². The van der Waals surface area contributed by atoms with Crippen LogP contribution in [0.15, 0.2) is 88.1 Å². The summed E-state index contributed by atoms with van der Waals surface area (Å²) in [7, 11) is -8.18. The molecule has 3 heterocycles. The number of imide groups is 1. The highest BCUT2D eigenvalue weighted by Crippen LogP contribution is 2.49. The average molecular weight is 1080 g/mol. The first kappa shape index (κ1) is 58.6. The second kappa shape index (κ2) is 26.4. The summed E-state index contributed by atoms with van der Waals surface area (Å²) in [6, 6.07) is 12.3. The van der Waals surface area contributed by atoms with Gasteiger partial charge in [0, 0.05) is 83.9 Å². The zero-order chi connectivity index (χ0) is 53.7. The molecular formula is C54H75N4O13S3+. The summed E-state index contributed by atoms with van der Waals surface area (Å²) in [4.78, 5) is 43.7. The van der Waals surface area contributed by atoms with E-state index < -0.39 is 43.4 Å². The Labute approximate surface area is 441 Å². The fraction of sp³-hybridized carbons (Fsp3) is 0.556. The van der Waals surface area contributed by atoms with Crippen LogP contribution < -0.4 is 10.2 Å². The van der Waals surface area contributed by atoms with Crippen molar-refractivity contribution < 1.29 is 64.4 Å². The van der Waals surface area contributed by atoms with Crippen LogP contribution in [0, 0.1) is 6.92 Å². The van der Waals surface area contributed by atoms with Gasteiger partial charge in [-0.3, -0.25) is 18.7 Å². The molecule has 1 fully saturated rings. The van der Waals surface area contributed by atoms with Crippen molar-refractivity contribution in [3.63, 3.8) is 0 Å². The quantitative estimate of drug-likeness (QED) is 0.0113. The SMILES string of the molecule is Cc1ccc2c(c1)C(C)(C)/C(=C\C=C1CCCC(/C=C/C3=[N+](CCCCS(=O)(=O)O)c4ccc(SOOO)cc4C3(C)C)=C1NCCCCCCCCCCC(=O)ON1C(=O)CCC1=O)N2CCCCS(=O)(=O)O. The van der Waals surface area contributed by atoms with E-state index in [4.69, 9.17) is 14.4 Å². The van der Waals surface area contributed by atoms with Crippen LogP contribution in [0.1, 0.15) is 160 Å². The molecule has 0 aromatic heterocycles. The van der Waals surface area contributed by atoms with Gasteiger partial charge in [-0.05, 0) is 113 Å². The number of allylic oxidation sites excluding steroid dienone is 7. The smallest absolute Gasteiger partial charge is 0.333 e. The van der Waals surface area contributed by atoms with Gasteiger partial charge in [-0.25, -0.2) is 10.1 Å².